The number of aryl methyl sites for hydroxylation is 1. The smallest absolute Gasteiger partial charge is 0.323 e. The molecule has 2 amide bonds. The molecule has 1 heterocycles. The van der Waals surface area contributed by atoms with Crippen LogP contribution in [0.25, 0.3) is 0 Å². The van der Waals surface area contributed by atoms with Crippen molar-refractivity contribution in [3.63, 3.8) is 0 Å². The van der Waals surface area contributed by atoms with E-state index in [9.17, 15) is 14.9 Å². The Hall–Kier alpha value is -3.13. The van der Waals surface area contributed by atoms with E-state index in [4.69, 9.17) is 0 Å². The molecule has 2 aromatic rings. The van der Waals surface area contributed by atoms with Gasteiger partial charge in [0.25, 0.3) is 5.69 Å². The molecule has 0 spiro atoms. The number of piperazine rings is 1. The van der Waals surface area contributed by atoms with Gasteiger partial charge in [0.2, 0.25) is 0 Å². The van der Waals surface area contributed by atoms with Crippen LogP contribution < -0.4 is 15.5 Å². The van der Waals surface area contributed by atoms with E-state index in [1.54, 1.807) is 0 Å². The van der Waals surface area contributed by atoms with Crippen molar-refractivity contribution in [1.82, 2.24) is 4.90 Å². The van der Waals surface area contributed by atoms with Crippen molar-refractivity contribution >= 4 is 28.8 Å². The Kier molecular flexibility index (Phi) is 6.10. The van der Waals surface area contributed by atoms with Crippen molar-refractivity contribution in [2.24, 2.45) is 0 Å². The van der Waals surface area contributed by atoms with Crippen LogP contribution in [0.4, 0.5) is 27.5 Å². The maximum absolute atomic E-state index is 12.2. The molecular weight excluding hydrogens is 358 g/mol. The number of hydrogen-bond donors (Lipinski definition) is 2. The van der Waals surface area contributed by atoms with E-state index in [1.807, 2.05) is 19.1 Å². The standard InChI is InChI=1S/C20H25N5O3/c1-3-23-10-12-24(13-11-23)18-8-9-19(15(2)14-18)22-20(26)21-16-4-6-17(7-5-16)25(27)28/h4-9,14H,3,10-13H2,1-2H3,(H2,21,22,26). The number of likely N-dealkylation sites (N-methyl/N-ethyl adjacent to an activating group) is 1. The molecule has 28 heavy (non-hydrogen) atoms. The summed E-state index contributed by atoms with van der Waals surface area (Å²) >= 11 is 0. The first kappa shape index (κ1) is 19.6. The van der Waals surface area contributed by atoms with Crippen molar-refractivity contribution in [3.8, 4) is 0 Å². The number of anilines is 3. The van der Waals surface area contributed by atoms with Crippen LogP contribution in [0.15, 0.2) is 42.5 Å². The van der Waals surface area contributed by atoms with E-state index >= 15 is 0 Å². The van der Waals surface area contributed by atoms with Crippen molar-refractivity contribution in [1.29, 1.82) is 0 Å². The molecule has 8 heteroatoms. The highest BCUT2D eigenvalue weighted by molar-refractivity contribution is 6.00. The van der Waals surface area contributed by atoms with Crippen LogP contribution >= 0.6 is 0 Å². The van der Waals surface area contributed by atoms with Gasteiger partial charge in [0, 0.05) is 55.4 Å². The van der Waals surface area contributed by atoms with Crippen LogP contribution in [-0.2, 0) is 0 Å². The van der Waals surface area contributed by atoms with E-state index in [2.05, 4.69) is 33.4 Å². The summed E-state index contributed by atoms with van der Waals surface area (Å²) < 4.78 is 0. The molecule has 0 aromatic heterocycles. The zero-order valence-electron chi connectivity index (χ0n) is 16.1. The number of carbonyl (C=O) groups excluding carboxylic acids is 1. The first-order chi connectivity index (χ1) is 13.5. The molecule has 148 valence electrons. The number of rotatable bonds is 5. The van der Waals surface area contributed by atoms with E-state index in [0.29, 0.717) is 5.69 Å². The highest BCUT2D eigenvalue weighted by Gasteiger charge is 2.16. The lowest BCUT2D eigenvalue weighted by atomic mass is 10.1. The lowest BCUT2D eigenvalue weighted by molar-refractivity contribution is -0.384. The summed E-state index contributed by atoms with van der Waals surface area (Å²) in [5.41, 5.74) is 3.35. The second kappa shape index (κ2) is 8.71. The number of nitro benzene ring substituents is 1. The molecule has 1 fully saturated rings. The van der Waals surface area contributed by atoms with Gasteiger partial charge in [-0.05, 0) is 49.4 Å². The zero-order valence-corrected chi connectivity index (χ0v) is 16.1. The zero-order chi connectivity index (χ0) is 20.1. The van der Waals surface area contributed by atoms with Gasteiger partial charge in [0.15, 0.2) is 0 Å². The van der Waals surface area contributed by atoms with Gasteiger partial charge in [-0.25, -0.2) is 4.79 Å². The van der Waals surface area contributed by atoms with Crippen LogP contribution in [0.2, 0.25) is 0 Å². The Balaban J connectivity index is 1.59. The monoisotopic (exact) mass is 383 g/mol. The summed E-state index contributed by atoms with van der Waals surface area (Å²) in [5, 5.41) is 16.2. The third-order valence-corrected chi connectivity index (χ3v) is 4.98. The van der Waals surface area contributed by atoms with Crippen LogP contribution in [0.3, 0.4) is 0 Å². The van der Waals surface area contributed by atoms with Gasteiger partial charge in [0.1, 0.15) is 0 Å². The summed E-state index contributed by atoms with van der Waals surface area (Å²) in [7, 11) is 0. The molecule has 0 aliphatic carbocycles. The number of non-ortho nitro benzene ring substituents is 1. The number of urea groups is 1. The third-order valence-electron chi connectivity index (χ3n) is 4.98. The minimum atomic E-state index is -0.475. The molecule has 0 saturated carbocycles. The molecule has 1 aliphatic rings. The average molecular weight is 383 g/mol. The Morgan fingerprint density at radius 1 is 1.07 bits per heavy atom. The molecule has 1 saturated heterocycles. The minimum Gasteiger partial charge on any atom is -0.369 e. The maximum Gasteiger partial charge on any atom is 0.323 e. The number of nitrogens with zero attached hydrogens (tertiary/aromatic N) is 3. The lowest BCUT2D eigenvalue weighted by Crippen LogP contribution is -2.46. The van der Waals surface area contributed by atoms with Crippen LogP contribution in [0.1, 0.15) is 12.5 Å². The van der Waals surface area contributed by atoms with Gasteiger partial charge in [-0.1, -0.05) is 6.92 Å². The topological polar surface area (TPSA) is 90.8 Å². The van der Waals surface area contributed by atoms with E-state index < -0.39 is 4.92 Å². The molecule has 0 radical (unpaired) electrons. The van der Waals surface area contributed by atoms with E-state index in [1.165, 1.54) is 24.3 Å². The number of nitrogens with one attached hydrogen (secondary N) is 2. The normalized spacial score (nSPS) is 14.6. The second-order valence-electron chi connectivity index (χ2n) is 6.80. The highest BCUT2D eigenvalue weighted by Crippen LogP contribution is 2.24. The summed E-state index contributed by atoms with van der Waals surface area (Å²) in [5.74, 6) is 0. The summed E-state index contributed by atoms with van der Waals surface area (Å²) in [4.78, 5) is 27.2. The van der Waals surface area contributed by atoms with Crippen molar-refractivity contribution in [2.75, 3.05) is 48.3 Å². The molecule has 0 bridgehead atoms. The van der Waals surface area contributed by atoms with E-state index in [0.717, 1.165) is 49.7 Å². The van der Waals surface area contributed by atoms with Gasteiger partial charge >= 0.3 is 6.03 Å². The molecule has 0 unspecified atom stereocenters. The first-order valence-corrected chi connectivity index (χ1v) is 9.36. The highest BCUT2D eigenvalue weighted by atomic mass is 16.6. The molecule has 2 N–H and O–H groups in total. The summed E-state index contributed by atoms with van der Waals surface area (Å²) in [6.07, 6.45) is 0. The van der Waals surface area contributed by atoms with Crippen LogP contribution in [0, 0.1) is 17.0 Å². The summed E-state index contributed by atoms with van der Waals surface area (Å²) in [6, 6.07) is 11.3. The Bertz CT molecular complexity index is 845. The maximum atomic E-state index is 12.2. The fraction of sp³-hybridized carbons (Fsp3) is 0.350. The number of nitro groups is 1. The Morgan fingerprint density at radius 2 is 1.75 bits per heavy atom. The molecule has 3 rings (SSSR count). The quantitative estimate of drug-likeness (QED) is 0.607. The summed E-state index contributed by atoms with van der Waals surface area (Å²) in [6.45, 7) is 9.36. The van der Waals surface area contributed by atoms with Gasteiger partial charge in [-0.15, -0.1) is 0 Å². The average Bonchev–Trinajstić information content (AvgIpc) is 2.70. The molecule has 8 nitrogen and oxygen atoms in total. The van der Waals surface area contributed by atoms with Crippen LogP contribution in [-0.4, -0.2) is 48.6 Å². The Labute approximate surface area is 164 Å². The van der Waals surface area contributed by atoms with Gasteiger partial charge in [-0.2, -0.15) is 0 Å². The Morgan fingerprint density at radius 3 is 2.32 bits per heavy atom. The first-order valence-electron chi connectivity index (χ1n) is 9.36. The molecule has 0 atom stereocenters. The number of benzene rings is 2. The molecule has 1 aliphatic heterocycles. The second-order valence-corrected chi connectivity index (χ2v) is 6.80. The molecular formula is C20H25N5O3. The fourth-order valence-electron chi connectivity index (χ4n) is 3.26. The molecule has 2 aromatic carbocycles. The number of amides is 2. The predicted molar refractivity (Wildman–Crippen MR) is 111 cm³/mol. The van der Waals surface area contributed by atoms with Gasteiger partial charge < -0.3 is 20.4 Å². The van der Waals surface area contributed by atoms with Crippen molar-refractivity contribution < 1.29 is 9.72 Å². The van der Waals surface area contributed by atoms with E-state index in [-0.39, 0.29) is 11.7 Å². The van der Waals surface area contributed by atoms with Crippen molar-refractivity contribution in [2.45, 2.75) is 13.8 Å². The lowest BCUT2D eigenvalue weighted by Gasteiger charge is -2.35. The largest absolute Gasteiger partial charge is 0.369 e. The van der Waals surface area contributed by atoms with Gasteiger partial charge in [0.05, 0.1) is 4.92 Å². The predicted octanol–water partition coefficient (Wildman–Crippen LogP) is 3.69. The van der Waals surface area contributed by atoms with Crippen LogP contribution in [0.5, 0.6) is 0 Å². The SMILES string of the molecule is CCN1CCN(c2ccc(NC(=O)Nc3ccc([N+](=O)[O-])cc3)c(C)c2)CC1. The third kappa shape index (κ3) is 4.77. The number of carbonyl (C=O) groups is 1. The minimum absolute atomic E-state index is 0.0165. The fourth-order valence-corrected chi connectivity index (χ4v) is 3.26. The van der Waals surface area contributed by atoms with Crippen molar-refractivity contribution in [3.05, 3.63) is 58.1 Å². The van der Waals surface area contributed by atoms with Gasteiger partial charge in [-0.3, -0.25) is 10.1 Å². The number of hydrogen-bond acceptors (Lipinski definition) is 5.